The number of likely N-dealkylation sites (N-methyl/N-ethyl adjacent to an activating group) is 1. The van der Waals surface area contributed by atoms with Crippen molar-refractivity contribution in [2.24, 2.45) is 0 Å². The summed E-state index contributed by atoms with van der Waals surface area (Å²) in [6.07, 6.45) is 5.30. The Bertz CT molecular complexity index is 413. The lowest BCUT2D eigenvalue weighted by molar-refractivity contribution is 0.125. The standard InChI is InChI=1S/C13H17N3O/c1-16-8-3-2-5-11(16)10-17-13-6-4-7-15-12(13)9-14/h4,6-7,11H,2-3,5,8,10H2,1H3. The molecule has 1 fully saturated rings. The first-order chi connectivity index (χ1) is 8.31. The number of likely N-dealkylation sites (tertiary alicyclic amines) is 1. The molecule has 0 bridgehead atoms. The number of aromatic nitrogens is 1. The molecule has 4 heteroatoms. The van der Waals surface area contributed by atoms with Crippen LogP contribution in [0.5, 0.6) is 5.75 Å². The van der Waals surface area contributed by atoms with Crippen LogP contribution >= 0.6 is 0 Å². The molecular formula is C13H17N3O. The van der Waals surface area contributed by atoms with Gasteiger partial charge in [0.2, 0.25) is 0 Å². The zero-order valence-corrected chi connectivity index (χ0v) is 10.1. The Kier molecular flexibility index (Phi) is 3.94. The Labute approximate surface area is 102 Å². The van der Waals surface area contributed by atoms with E-state index in [0.717, 1.165) is 6.54 Å². The molecule has 0 spiro atoms. The highest BCUT2D eigenvalue weighted by Gasteiger charge is 2.19. The van der Waals surface area contributed by atoms with Crippen LogP contribution in [0.2, 0.25) is 0 Å². The Hall–Kier alpha value is -1.60. The second kappa shape index (κ2) is 5.65. The maximum absolute atomic E-state index is 8.90. The summed E-state index contributed by atoms with van der Waals surface area (Å²) in [6.45, 7) is 1.77. The van der Waals surface area contributed by atoms with Crippen LogP contribution in [0.25, 0.3) is 0 Å². The highest BCUT2D eigenvalue weighted by molar-refractivity contribution is 5.36. The van der Waals surface area contributed by atoms with Crippen LogP contribution in [0.15, 0.2) is 18.3 Å². The summed E-state index contributed by atoms with van der Waals surface area (Å²) < 4.78 is 5.71. The average molecular weight is 231 g/mol. The molecule has 2 rings (SSSR count). The van der Waals surface area contributed by atoms with Crippen molar-refractivity contribution in [3.63, 3.8) is 0 Å². The van der Waals surface area contributed by atoms with E-state index in [0.29, 0.717) is 24.1 Å². The monoisotopic (exact) mass is 231 g/mol. The molecule has 0 aliphatic carbocycles. The third-order valence-electron chi connectivity index (χ3n) is 3.23. The second-order valence-electron chi connectivity index (χ2n) is 4.40. The number of nitrogens with zero attached hydrogens (tertiary/aromatic N) is 3. The first kappa shape index (κ1) is 11.9. The molecule has 1 atom stereocenters. The average Bonchev–Trinajstić information content (AvgIpc) is 2.38. The predicted molar refractivity (Wildman–Crippen MR) is 64.7 cm³/mol. The minimum atomic E-state index is 0.367. The van der Waals surface area contributed by atoms with E-state index in [1.54, 1.807) is 18.3 Å². The highest BCUT2D eigenvalue weighted by Crippen LogP contribution is 2.18. The summed E-state index contributed by atoms with van der Waals surface area (Å²) in [5.41, 5.74) is 0.367. The van der Waals surface area contributed by atoms with E-state index >= 15 is 0 Å². The number of nitriles is 1. The van der Waals surface area contributed by atoms with Crippen molar-refractivity contribution >= 4 is 0 Å². The SMILES string of the molecule is CN1CCCCC1COc1cccnc1C#N. The van der Waals surface area contributed by atoms with Crippen molar-refractivity contribution in [3.05, 3.63) is 24.0 Å². The number of ether oxygens (including phenoxy) is 1. The molecule has 1 aromatic heterocycles. The second-order valence-corrected chi connectivity index (χ2v) is 4.40. The molecule has 0 amide bonds. The van der Waals surface area contributed by atoms with Crippen LogP contribution in [0, 0.1) is 11.3 Å². The maximum Gasteiger partial charge on any atom is 0.182 e. The molecule has 1 saturated heterocycles. The minimum Gasteiger partial charge on any atom is -0.489 e. The Morgan fingerprint density at radius 2 is 2.47 bits per heavy atom. The molecule has 0 aromatic carbocycles. The van der Waals surface area contributed by atoms with Gasteiger partial charge in [0, 0.05) is 12.2 Å². The van der Waals surface area contributed by atoms with Gasteiger partial charge in [-0.1, -0.05) is 6.42 Å². The zero-order valence-electron chi connectivity index (χ0n) is 10.1. The number of rotatable bonds is 3. The molecule has 0 N–H and O–H groups in total. The summed E-state index contributed by atoms with van der Waals surface area (Å²) in [7, 11) is 2.13. The zero-order chi connectivity index (χ0) is 12.1. The molecule has 2 heterocycles. The summed E-state index contributed by atoms with van der Waals surface area (Å²) in [4.78, 5) is 6.31. The van der Waals surface area contributed by atoms with Crippen LogP contribution in [-0.2, 0) is 0 Å². The van der Waals surface area contributed by atoms with Crippen molar-refractivity contribution in [1.82, 2.24) is 9.88 Å². The first-order valence-corrected chi connectivity index (χ1v) is 5.99. The van der Waals surface area contributed by atoms with Crippen molar-refractivity contribution in [3.8, 4) is 11.8 Å². The van der Waals surface area contributed by atoms with E-state index in [9.17, 15) is 0 Å². The molecule has 1 unspecified atom stereocenters. The van der Waals surface area contributed by atoms with Crippen molar-refractivity contribution in [1.29, 1.82) is 5.26 Å². The van der Waals surface area contributed by atoms with Gasteiger partial charge < -0.3 is 9.64 Å². The lowest BCUT2D eigenvalue weighted by Crippen LogP contribution is -2.40. The van der Waals surface area contributed by atoms with Gasteiger partial charge in [0.15, 0.2) is 11.4 Å². The lowest BCUT2D eigenvalue weighted by Gasteiger charge is -2.32. The van der Waals surface area contributed by atoms with Crippen LogP contribution < -0.4 is 4.74 Å². The summed E-state index contributed by atoms with van der Waals surface area (Å²) in [5.74, 6) is 0.592. The van der Waals surface area contributed by atoms with E-state index in [1.165, 1.54) is 19.3 Å². The molecular weight excluding hydrogens is 214 g/mol. The van der Waals surface area contributed by atoms with Crippen LogP contribution in [-0.4, -0.2) is 36.1 Å². The van der Waals surface area contributed by atoms with Crippen LogP contribution in [0.1, 0.15) is 25.0 Å². The third-order valence-corrected chi connectivity index (χ3v) is 3.23. The highest BCUT2D eigenvalue weighted by atomic mass is 16.5. The fourth-order valence-corrected chi connectivity index (χ4v) is 2.13. The van der Waals surface area contributed by atoms with Gasteiger partial charge in [-0.05, 0) is 38.6 Å². The number of pyridine rings is 1. The predicted octanol–water partition coefficient (Wildman–Crippen LogP) is 1.82. The van der Waals surface area contributed by atoms with Gasteiger partial charge in [-0.15, -0.1) is 0 Å². The van der Waals surface area contributed by atoms with Gasteiger partial charge in [-0.3, -0.25) is 0 Å². The summed E-state index contributed by atoms with van der Waals surface area (Å²) in [5, 5.41) is 8.90. The fraction of sp³-hybridized carbons (Fsp3) is 0.538. The van der Waals surface area contributed by atoms with E-state index in [2.05, 4.69) is 16.9 Å². The van der Waals surface area contributed by atoms with Crippen molar-refractivity contribution in [2.75, 3.05) is 20.2 Å². The molecule has 17 heavy (non-hydrogen) atoms. The smallest absolute Gasteiger partial charge is 0.182 e. The molecule has 1 aliphatic rings. The Morgan fingerprint density at radius 1 is 1.59 bits per heavy atom. The molecule has 0 saturated carbocycles. The third kappa shape index (κ3) is 2.95. The molecule has 0 radical (unpaired) electrons. The Morgan fingerprint density at radius 3 is 3.24 bits per heavy atom. The molecule has 1 aliphatic heterocycles. The first-order valence-electron chi connectivity index (χ1n) is 5.99. The fourth-order valence-electron chi connectivity index (χ4n) is 2.13. The van der Waals surface area contributed by atoms with Crippen LogP contribution in [0.4, 0.5) is 0 Å². The number of hydrogen-bond donors (Lipinski definition) is 0. The van der Waals surface area contributed by atoms with Gasteiger partial charge in [-0.2, -0.15) is 5.26 Å². The van der Waals surface area contributed by atoms with Crippen LogP contribution in [0.3, 0.4) is 0 Å². The summed E-state index contributed by atoms with van der Waals surface area (Å²) in [6, 6.07) is 6.09. The van der Waals surface area contributed by atoms with Crippen molar-refractivity contribution in [2.45, 2.75) is 25.3 Å². The van der Waals surface area contributed by atoms with Gasteiger partial charge in [0.05, 0.1) is 0 Å². The van der Waals surface area contributed by atoms with Gasteiger partial charge in [-0.25, -0.2) is 4.98 Å². The Balaban J connectivity index is 1.95. The largest absolute Gasteiger partial charge is 0.489 e. The van der Waals surface area contributed by atoms with E-state index in [-0.39, 0.29) is 0 Å². The number of piperidine rings is 1. The van der Waals surface area contributed by atoms with Crippen molar-refractivity contribution < 1.29 is 4.74 Å². The molecule has 90 valence electrons. The number of hydrogen-bond acceptors (Lipinski definition) is 4. The van der Waals surface area contributed by atoms with E-state index < -0.39 is 0 Å². The molecule has 1 aromatic rings. The van der Waals surface area contributed by atoms with Gasteiger partial charge >= 0.3 is 0 Å². The lowest BCUT2D eigenvalue weighted by atomic mass is 10.0. The molecule has 4 nitrogen and oxygen atoms in total. The van der Waals surface area contributed by atoms with E-state index in [4.69, 9.17) is 10.00 Å². The maximum atomic E-state index is 8.90. The van der Waals surface area contributed by atoms with Gasteiger partial charge in [0.25, 0.3) is 0 Å². The normalized spacial score (nSPS) is 20.8. The van der Waals surface area contributed by atoms with E-state index in [1.807, 2.05) is 6.07 Å². The summed E-state index contributed by atoms with van der Waals surface area (Å²) >= 11 is 0. The van der Waals surface area contributed by atoms with Gasteiger partial charge in [0.1, 0.15) is 12.7 Å². The quantitative estimate of drug-likeness (QED) is 0.796. The topological polar surface area (TPSA) is 49.1 Å². The minimum absolute atomic E-state index is 0.367.